The number of rotatable bonds is 5. The van der Waals surface area contributed by atoms with Crippen molar-refractivity contribution >= 4 is 6.09 Å². The predicted octanol–water partition coefficient (Wildman–Crippen LogP) is 1.90. The van der Waals surface area contributed by atoms with Crippen LogP contribution in [0.15, 0.2) is 22.6 Å². The third-order valence-corrected chi connectivity index (χ3v) is 3.96. The number of aryl methyl sites for hydroxylation is 1. The molecule has 0 saturated carbocycles. The van der Waals surface area contributed by atoms with Gasteiger partial charge < -0.3 is 24.5 Å². The average molecular weight is 350 g/mol. The molecule has 25 heavy (non-hydrogen) atoms. The molecule has 1 aromatic heterocycles. The fourth-order valence-corrected chi connectivity index (χ4v) is 2.68. The van der Waals surface area contributed by atoms with E-state index in [-0.39, 0.29) is 17.5 Å². The second kappa shape index (κ2) is 7.47. The minimum atomic E-state index is -0.915. The molecule has 3 rings (SSSR count). The van der Waals surface area contributed by atoms with Crippen molar-refractivity contribution in [3.05, 3.63) is 29.9 Å². The first kappa shape index (κ1) is 17.2. The van der Waals surface area contributed by atoms with E-state index in [1.165, 1.54) is 17.0 Å². The molecule has 2 heterocycles. The number of benzene rings is 1. The Labute approximate surface area is 143 Å². The summed E-state index contributed by atoms with van der Waals surface area (Å²) in [5.41, 5.74) is 0.221. The molecule has 0 radical (unpaired) electrons. The molecule has 1 aliphatic rings. The number of carbonyl (C=O) groups is 1. The van der Waals surface area contributed by atoms with Crippen molar-refractivity contribution < 1.29 is 23.4 Å². The van der Waals surface area contributed by atoms with Crippen molar-refractivity contribution in [1.82, 2.24) is 20.4 Å². The number of aromatic nitrogens is 2. The van der Waals surface area contributed by atoms with E-state index in [2.05, 4.69) is 15.5 Å². The summed E-state index contributed by atoms with van der Waals surface area (Å²) < 4.78 is 25.0. The fraction of sp³-hybridized carbons (Fsp3) is 0.438. The molecule has 9 heteroatoms. The van der Waals surface area contributed by atoms with Gasteiger partial charge in [0.15, 0.2) is 0 Å². The van der Waals surface area contributed by atoms with E-state index in [4.69, 9.17) is 14.3 Å². The lowest BCUT2D eigenvalue weighted by molar-refractivity contribution is 0.124. The van der Waals surface area contributed by atoms with Gasteiger partial charge in [0.25, 0.3) is 5.89 Å². The largest absolute Gasteiger partial charge is 0.493 e. The van der Waals surface area contributed by atoms with Gasteiger partial charge in [0.05, 0.1) is 12.2 Å². The summed E-state index contributed by atoms with van der Waals surface area (Å²) in [6.45, 7) is 3.50. The Kier molecular flexibility index (Phi) is 5.13. The number of amides is 1. The van der Waals surface area contributed by atoms with Crippen LogP contribution in [0, 0.1) is 12.7 Å². The highest BCUT2D eigenvalue weighted by molar-refractivity contribution is 5.65. The normalized spacial score (nSPS) is 17.5. The Morgan fingerprint density at radius 1 is 1.52 bits per heavy atom. The van der Waals surface area contributed by atoms with Gasteiger partial charge in [-0.1, -0.05) is 0 Å². The Balaban J connectivity index is 1.53. The lowest BCUT2D eigenvalue weighted by Crippen LogP contribution is -2.52. The molecular weight excluding hydrogens is 331 g/mol. The molecule has 8 nitrogen and oxygen atoms in total. The topological polar surface area (TPSA) is 101 Å². The fourth-order valence-electron chi connectivity index (χ4n) is 2.68. The minimum Gasteiger partial charge on any atom is -0.493 e. The molecule has 0 spiro atoms. The van der Waals surface area contributed by atoms with Crippen molar-refractivity contribution in [2.45, 2.75) is 19.4 Å². The zero-order chi connectivity index (χ0) is 17.8. The van der Waals surface area contributed by atoms with Crippen molar-refractivity contribution in [2.24, 2.45) is 0 Å². The number of hydrogen-bond acceptors (Lipinski definition) is 6. The van der Waals surface area contributed by atoms with Gasteiger partial charge in [-0.3, -0.25) is 0 Å². The molecule has 134 valence electrons. The van der Waals surface area contributed by atoms with Gasteiger partial charge in [0.1, 0.15) is 11.6 Å². The third-order valence-electron chi connectivity index (χ3n) is 3.96. The Morgan fingerprint density at radius 3 is 3.04 bits per heavy atom. The first-order chi connectivity index (χ1) is 12.0. The number of carboxylic acid groups (broad SMARTS) is 1. The molecule has 0 unspecified atom stereocenters. The van der Waals surface area contributed by atoms with Gasteiger partial charge in [-0.05, 0) is 18.6 Å². The van der Waals surface area contributed by atoms with Gasteiger partial charge in [0.2, 0.25) is 5.89 Å². The monoisotopic (exact) mass is 350 g/mol. The SMILES string of the molecule is Cc1nnc(-c2ccc(OCC[C@@H]3CN(C(=O)O)CCN3)cc2F)o1. The second-order valence-electron chi connectivity index (χ2n) is 5.78. The Bertz CT molecular complexity index is 751. The van der Waals surface area contributed by atoms with Crippen molar-refractivity contribution in [3.8, 4) is 17.2 Å². The summed E-state index contributed by atoms with van der Waals surface area (Å²) in [5.74, 6) is 0.379. The van der Waals surface area contributed by atoms with Gasteiger partial charge in [0, 0.05) is 38.7 Å². The molecule has 1 aromatic carbocycles. The summed E-state index contributed by atoms with van der Waals surface area (Å²) in [5, 5.41) is 19.7. The quantitative estimate of drug-likeness (QED) is 0.849. The van der Waals surface area contributed by atoms with Crippen molar-refractivity contribution in [1.29, 1.82) is 0 Å². The van der Waals surface area contributed by atoms with Crippen molar-refractivity contribution in [3.63, 3.8) is 0 Å². The summed E-state index contributed by atoms with van der Waals surface area (Å²) in [6, 6.07) is 4.46. The first-order valence-corrected chi connectivity index (χ1v) is 7.97. The van der Waals surface area contributed by atoms with Gasteiger partial charge in [-0.2, -0.15) is 0 Å². The van der Waals surface area contributed by atoms with Crippen LogP contribution in [-0.2, 0) is 0 Å². The zero-order valence-corrected chi connectivity index (χ0v) is 13.7. The molecule has 1 aliphatic heterocycles. The third kappa shape index (κ3) is 4.24. The lowest BCUT2D eigenvalue weighted by Gasteiger charge is -2.31. The number of piperazine rings is 1. The highest BCUT2D eigenvalue weighted by atomic mass is 19.1. The van der Waals surface area contributed by atoms with Crippen LogP contribution in [0.5, 0.6) is 5.75 Å². The number of ether oxygens (including phenoxy) is 1. The molecule has 1 saturated heterocycles. The summed E-state index contributed by atoms with van der Waals surface area (Å²) in [4.78, 5) is 12.4. The second-order valence-corrected chi connectivity index (χ2v) is 5.78. The maximum absolute atomic E-state index is 14.2. The summed E-state index contributed by atoms with van der Waals surface area (Å²) in [6.07, 6.45) is -0.294. The van der Waals surface area contributed by atoms with Crippen LogP contribution in [0.3, 0.4) is 0 Å². The van der Waals surface area contributed by atoms with E-state index in [0.717, 1.165) is 0 Å². The lowest BCUT2D eigenvalue weighted by atomic mass is 10.1. The maximum Gasteiger partial charge on any atom is 0.407 e. The van der Waals surface area contributed by atoms with Crippen LogP contribution < -0.4 is 10.1 Å². The smallest absolute Gasteiger partial charge is 0.407 e. The van der Waals surface area contributed by atoms with E-state index in [1.807, 2.05) is 0 Å². The molecule has 2 aromatic rings. The van der Waals surface area contributed by atoms with Gasteiger partial charge in [-0.25, -0.2) is 9.18 Å². The van der Waals surface area contributed by atoms with E-state index in [0.29, 0.717) is 44.3 Å². The number of hydrogen-bond donors (Lipinski definition) is 2. The predicted molar refractivity (Wildman–Crippen MR) is 85.9 cm³/mol. The molecule has 0 aliphatic carbocycles. The maximum atomic E-state index is 14.2. The first-order valence-electron chi connectivity index (χ1n) is 7.97. The van der Waals surface area contributed by atoms with E-state index in [9.17, 15) is 9.18 Å². The van der Waals surface area contributed by atoms with E-state index >= 15 is 0 Å². The van der Waals surface area contributed by atoms with E-state index < -0.39 is 11.9 Å². The molecule has 0 bridgehead atoms. The van der Waals surface area contributed by atoms with E-state index in [1.54, 1.807) is 13.0 Å². The van der Waals surface area contributed by atoms with Crippen LogP contribution in [0.25, 0.3) is 11.5 Å². The van der Waals surface area contributed by atoms with Crippen LogP contribution in [0.2, 0.25) is 0 Å². The number of halogens is 1. The molecule has 1 atom stereocenters. The zero-order valence-electron chi connectivity index (χ0n) is 13.7. The number of nitrogens with zero attached hydrogens (tertiary/aromatic N) is 3. The summed E-state index contributed by atoms with van der Waals surface area (Å²) >= 11 is 0. The molecular formula is C16H19FN4O4. The molecule has 1 fully saturated rings. The highest BCUT2D eigenvalue weighted by Gasteiger charge is 2.22. The van der Waals surface area contributed by atoms with Gasteiger partial charge >= 0.3 is 6.09 Å². The average Bonchev–Trinajstić information content (AvgIpc) is 3.01. The molecule has 2 N–H and O–H groups in total. The van der Waals surface area contributed by atoms with Crippen LogP contribution >= 0.6 is 0 Å². The standard InChI is InChI=1S/C16H19FN4O4/c1-10-19-20-15(25-10)13-3-2-12(8-14(13)17)24-7-4-11-9-21(16(22)23)6-5-18-11/h2-3,8,11,18H,4-7,9H2,1H3,(H,22,23)/t11-/m1/s1. The van der Waals surface area contributed by atoms with Crippen LogP contribution in [0.1, 0.15) is 12.3 Å². The van der Waals surface area contributed by atoms with Crippen LogP contribution in [-0.4, -0.2) is 58.6 Å². The molecule has 1 amide bonds. The summed E-state index contributed by atoms with van der Waals surface area (Å²) in [7, 11) is 0. The van der Waals surface area contributed by atoms with Gasteiger partial charge in [-0.15, -0.1) is 10.2 Å². The van der Waals surface area contributed by atoms with Crippen LogP contribution in [0.4, 0.5) is 9.18 Å². The number of nitrogens with one attached hydrogen (secondary N) is 1. The Morgan fingerprint density at radius 2 is 2.36 bits per heavy atom. The van der Waals surface area contributed by atoms with Crippen molar-refractivity contribution in [2.75, 3.05) is 26.2 Å². The highest BCUT2D eigenvalue weighted by Crippen LogP contribution is 2.25. The minimum absolute atomic E-state index is 0.0235. The Hall–Kier alpha value is -2.68.